The summed E-state index contributed by atoms with van der Waals surface area (Å²) in [6.45, 7) is 13.3. The molecule has 5 heterocycles. The quantitative estimate of drug-likeness (QED) is 0.0719. The van der Waals surface area contributed by atoms with Crippen molar-refractivity contribution in [3.8, 4) is 0 Å². The minimum Gasteiger partial charge on any atom is -0.504 e. The van der Waals surface area contributed by atoms with Gasteiger partial charge in [-0.1, -0.05) is 6.58 Å². The first-order valence-corrected chi connectivity index (χ1v) is 12.9. The largest absolute Gasteiger partial charge is 0.583 e. The van der Waals surface area contributed by atoms with Crippen LogP contribution in [0.15, 0.2) is 47.0 Å². The Morgan fingerprint density at radius 2 is 1.93 bits per heavy atom. The third-order valence-electron chi connectivity index (χ3n) is 9.47. The van der Waals surface area contributed by atoms with Gasteiger partial charge in [0.1, 0.15) is 24.9 Å². The predicted molar refractivity (Wildman–Crippen MR) is 130 cm³/mol. The fourth-order valence-electron chi connectivity index (χ4n) is 6.93. The molecule has 7 rings (SSSR count). The van der Waals surface area contributed by atoms with Crippen LogP contribution in [-0.2, 0) is 42.4 Å². The number of Topliss-reactive ketones (excluding diaryl/α,β-unsaturated/α-hetero) is 1. The Labute approximate surface area is 229 Å². The van der Waals surface area contributed by atoms with Crippen LogP contribution in [0.3, 0.4) is 0 Å². The van der Waals surface area contributed by atoms with Gasteiger partial charge in [0.2, 0.25) is 5.76 Å². The molecule has 1 radical (unpaired) electrons. The summed E-state index contributed by atoms with van der Waals surface area (Å²) < 4.78 is 41.0. The van der Waals surface area contributed by atoms with Crippen LogP contribution in [0.25, 0.3) is 0 Å². The van der Waals surface area contributed by atoms with Gasteiger partial charge < -0.3 is 33.9 Å². The average molecular weight is 551 g/mol. The summed E-state index contributed by atoms with van der Waals surface area (Å²) in [5.74, 6) is -3.36. The zero-order valence-electron chi connectivity index (χ0n) is 21.7. The molecule has 2 N–H and O–H groups in total. The van der Waals surface area contributed by atoms with Crippen molar-refractivity contribution < 1.29 is 52.6 Å². The molecule has 2 spiro atoms. The van der Waals surface area contributed by atoms with Crippen LogP contribution >= 0.6 is 0 Å². The molecule has 5 aliphatic heterocycles. The molecule has 5 fully saturated rings. The Bertz CT molecular complexity index is 1480. The van der Waals surface area contributed by atoms with Crippen molar-refractivity contribution in [2.45, 2.75) is 61.3 Å². The maximum Gasteiger partial charge on any atom is 0.583 e. The summed E-state index contributed by atoms with van der Waals surface area (Å²) in [5.41, 5.74) is 4.57. The van der Waals surface area contributed by atoms with Gasteiger partial charge in [-0.15, -0.1) is 0 Å². The Morgan fingerprint density at radius 1 is 1.18 bits per heavy atom. The highest BCUT2D eigenvalue weighted by atomic mass is 16.7. The summed E-state index contributed by atoms with van der Waals surface area (Å²) in [5, 5.41) is 20.4. The molecular formula is C29H26O11+3. The van der Waals surface area contributed by atoms with Gasteiger partial charge in [-0.25, -0.2) is 4.79 Å². The van der Waals surface area contributed by atoms with Gasteiger partial charge in [0, 0.05) is 12.7 Å². The van der Waals surface area contributed by atoms with Crippen molar-refractivity contribution in [2.75, 3.05) is 19.8 Å². The van der Waals surface area contributed by atoms with Crippen molar-refractivity contribution in [3.63, 3.8) is 0 Å². The average Bonchev–Trinajstić information content (AvgIpc) is 3.81. The number of ketones is 2. The van der Waals surface area contributed by atoms with Crippen molar-refractivity contribution >= 4 is 17.5 Å². The third-order valence-corrected chi connectivity index (χ3v) is 9.47. The molecule has 0 aromatic heterocycles. The summed E-state index contributed by atoms with van der Waals surface area (Å²) in [6, 6.07) is 0. The number of esters is 1. The van der Waals surface area contributed by atoms with Gasteiger partial charge in [-0.05, 0) is 37.0 Å². The third kappa shape index (κ3) is 3.11. The first-order chi connectivity index (χ1) is 18.9. The van der Waals surface area contributed by atoms with Crippen LogP contribution in [0.1, 0.15) is 26.2 Å². The van der Waals surface area contributed by atoms with Gasteiger partial charge in [0.15, 0.2) is 36.7 Å². The SMILES string of the molecule is [CH2]C12[C+]3CC(OC4C5OC5(C)CCC41COC(=O)C1=[O+]C1([CH2+])C(=O)COC(C(=C)O)=C=C=C=C=C(O)O3)C21CO1. The van der Waals surface area contributed by atoms with Gasteiger partial charge in [-0.2, -0.15) is 4.42 Å². The summed E-state index contributed by atoms with van der Waals surface area (Å²) in [7, 11) is 0. The summed E-state index contributed by atoms with van der Waals surface area (Å²) in [6.07, 6.45) is 0.596. The maximum atomic E-state index is 13.2. The zero-order valence-corrected chi connectivity index (χ0v) is 21.7. The van der Waals surface area contributed by atoms with Gasteiger partial charge in [0.25, 0.3) is 0 Å². The number of hydrogen-bond acceptors (Lipinski definition) is 10. The molecular weight excluding hydrogens is 524 g/mol. The van der Waals surface area contributed by atoms with Crippen LogP contribution in [0.5, 0.6) is 0 Å². The first kappa shape index (κ1) is 25.2. The highest BCUT2D eigenvalue weighted by Gasteiger charge is 2.93. The number of hydrogen-bond donors (Lipinski definition) is 2. The van der Waals surface area contributed by atoms with Gasteiger partial charge in [-0.3, -0.25) is 9.53 Å². The molecule has 3 saturated heterocycles. The monoisotopic (exact) mass is 550 g/mol. The molecule has 7 aliphatic rings. The molecule has 8 atom stereocenters. The number of epoxide rings is 2. The molecule has 0 aromatic rings. The Morgan fingerprint density at radius 3 is 2.65 bits per heavy atom. The first-order valence-electron chi connectivity index (χ1n) is 12.9. The fraction of sp³-hybridized carbons (Fsp3) is 0.517. The minimum absolute atomic E-state index is 0.172. The summed E-state index contributed by atoms with van der Waals surface area (Å²) >= 11 is 0. The zero-order chi connectivity index (χ0) is 28.3. The Balaban J connectivity index is 1.34. The molecule has 0 aromatic carbocycles. The van der Waals surface area contributed by atoms with Crippen LogP contribution in [0.4, 0.5) is 0 Å². The van der Waals surface area contributed by atoms with Crippen LogP contribution in [-0.4, -0.2) is 82.7 Å². The lowest BCUT2D eigenvalue weighted by molar-refractivity contribution is -0.407. The van der Waals surface area contributed by atoms with Crippen LogP contribution < -0.4 is 0 Å². The molecule has 205 valence electrons. The highest BCUT2D eigenvalue weighted by Crippen LogP contribution is 2.76. The van der Waals surface area contributed by atoms with E-state index in [1.54, 1.807) is 0 Å². The fourth-order valence-corrected chi connectivity index (χ4v) is 6.93. The number of carbonyl (C=O) groups is 2. The second-order valence-electron chi connectivity index (χ2n) is 11.5. The molecule has 2 aliphatic carbocycles. The number of fused-ring (bicyclic) bond motifs is 3. The number of rotatable bonds is 1. The van der Waals surface area contributed by atoms with Crippen molar-refractivity contribution in [3.05, 3.63) is 66.9 Å². The molecule has 40 heavy (non-hydrogen) atoms. The van der Waals surface area contributed by atoms with E-state index >= 15 is 0 Å². The van der Waals surface area contributed by atoms with E-state index in [1.807, 2.05) is 6.92 Å². The lowest BCUT2D eigenvalue weighted by atomic mass is 9.50. The van der Waals surface area contributed by atoms with E-state index in [4.69, 9.17) is 32.8 Å². The van der Waals surface area contributed by atoms with E-state index in [0.29, 0.717) is 25.6 Å². The van der Waals surface area contributed by atoms with Crippen LogP contribution in [0, 0.1) is 30.8 Å². The van der Waals surface area contributed by atoms with Gasteiger partial charge in [0.05, 0.1) is 17.6 Å². The summed E-state index contributed by atoms with van der Waals surface area (Å²) in [4.78, 5) is 26.0. The number of aliphatic hydroxyl groups excluding tert-OH is 2. The van der Waals surface area contributed by atoms with E-state index in [1.165, 1.54) is 0 Å². The topological polar surface area (TPSA) is 148 Å². The van der Waals surface area contributed by atoms with E-state index in [0.717, 1.165) is 0 Å². The lowest BCUT2D eigenvalue weighted by Gasteiger charge is -2.53. The maximum absolute atomic E-state index is 13.2. The molecule has 2 bridgehead atoms. The number of cyclic esters (lactones) is 1. The number of carbonyl (C=O) groups excluding carboxylic acids is 3. The van der Waals surface area contributed by atoms with E-state index in [9.17, 15) is 19.8 Å². The van der Waals surface area contributed by atoms with Crippen LogP contribution in [0.2, 0.25) is 0 Å². The molecule has 2 saturated carbocycles. The van der Waals surface area contributed by atoms with E-state index < -0.39 is 64.3 Å². The normalized spacial score (nSPS) is 46.2. The highest BCUT2D eigenvalue weighted by molar-refractivity contribution is 6.46. The molecule has 0 amide bonds. The van der Waals surface area contributed by atoms with E-state index in [-0.39, 0.29) is 36.3 Å². The minimum atomic E-state index is -1.80. The number of aliphatic hydroxyl groups is 2. The Kier molecular flexibility index (Phi) is 4.85. The number of ether oxygens (including phenoxy) is 6. The van der Waals surface area contributed by atoms with Crippen molar-refractivity contribution in [2.24, 2.45) is 10.8 Å². The van der Waals surface area contributed by atoms with Crippen molar-refractivity contribution in [1.82, 2.24) is 0 Å². The smallest absolute Gasteiger partial charge is 0.504 e. The standard InChI is InChI=1S/C29H24O11/c1-15(30)16-7-5-6-8-20(32)37-18-11-19-29(14-36-29)27(18,4)28(10-9-25(2)21(39-25)22(28)38-19)13-35-24(33)23-26(3,40-23)17(31)12-34-16/h19,21-22H,1,3-4,9-14H2,2H3/q+1/p+2. The van der Waals surface area contributed by atoms with Gasteiger partial charge >= 0.3 is 35.2 Å². The van der Waals surface area contributed by atoms with Crippen molar-refractivity contribution in [1.29, 1.82) is 0 Å². The van der Waals surface area contributed by atoms with E-state index in [2.05, 4.69) is 43.4 Å². The molecule has 8 unspecified atom stereocenters. The predicted octanol–water partition coefficient (Wildman–Crippen LogP) is 1.49. The molecule has 11 heteroatoms. The Hall–Kier alpha value is -3.77. The lowest BCUT2D eigenvalue weighted by Crippen LogP contribution is -2.68. The molecule has 11 nitrogen and oxygen atoms in total. The second kappa shape index (κ2) is 7.70. The second-order valence-corrected chi connectivity index (χ2v) is 11.5.